The van der Waals surface area contributed by atoms with Crippen molar-refractivity contribution in [1.29, 1.82) is 0 Å². The molecule has 0 aliphatic heterocycles. The van der Waals surface area contributed by atoms with Gasteiger partial charge in [-0.15, -0.1) is 0 Å². The van der Waals surface area contributed by atoms with Gasteiger partial charge in [0.2, 0.25) is 0 Å². The standard InChI is InChI=1S/C16H20ClNO4/c1-18(10-11-2-4-12(5-3-11)15(19)20)16(21)22-14-8-6-13(17)7-9-14/h6-9,11-12H,2-5,10H2,1H3,(H,19,20). The van der Waals surface area contributed by atoms with Crippen LogP contribution in [0.4, 0.5) is 4.79 Å². The Morgan fingerprint density at radius 2 is 1.82 bits per heavy atom. The highest BCUT2D eigenvalue weighted by atomic mass is 35.5. The number of hydrogen-bond donors (Lipinski definition) is 1. The Balaban J connectivity index is 1.79. The number of amides is 1. The summed E-state index contributed by atoms with van der Waals surface area (Å²) < 4.78 is 5.27. The fraction of sp³-hybridized carbons (Fsp3) is 0.500. The first-order valence-corrected chi connectivity index (χ1v) is 7.75. The highest BCUT2D eigenvalue weighted by Crippen LogP contribution is 2.29. The summed E-state index contributed by atoms with van der Waals surface area (Å²) in [4.78, 5) is 24.5. The summed E-state index contributed by atoms with van der Waals surface area (Å²) in [5, 5.41) is 9.57. The third-order valence-corrected chi connectivity index (χ3v) is 4.31. The van der Waals surface area contributed by atoms with E-state index in [2.05, 4.69) is 0 Å². The van der Waals surface area contributed by atoms with E-state index in [-0.39, 0.29) is 5.92 Å². The Kier molecular flexibility index (Phi) is 5.66. The van der Waals surface area contributed by atoms with Crippen molar-refractivity contribution in [3.05, 3.63) is 29.3 Å². The number of nitrogens with zero attached hydrogens (tertiary/aromatic N) is 1. The SMILES string of the molecule is CN(CC1CCC(C(=O)O)CC1)C(=O)Oc1ccc(Cl)cc1. The molecule has 1 N–H and O–H groups in total. The van der Waals surface area contributed by atoms with Gasteiger partial charge in [-0.1, -0.05) is 11.6 Å². The van der Waals surface area contributed by atoms with Crippen LogP contribution in [0.2, 0.25) is 5.02 Å². The van der Waals surface area contributed by atoms with Crippen LogP contribution in [-0.2, 0) is 4.79 Å². The van der Waals surface area contributed by atoms with Crippen molar-refractivity contribution in [3.8, 4) is 5.75 Å². The fourth-order valence-electron chi connectivity index (χ4n) is 2.74. The summed E-state index contributed by atoms with van der Waals surface area (Å²) in [5.41, 5.74) is 0. The van der Waals surface area contributed by atoms with E-state index in [4.69, 9.17) is 21.4 Å². The number of halogens is 1. The average molecular weight is 326 g/mol. The van der Waals surface area contributed by atoms with Crippen LogP contribution in [0, 0.1) is 11.8 Å². The van der Waals surface area contributed by atoms with Crippen molar-refractivity contribution >= 4 is 23.7 Å². The van der Waals surface area contributed by atoms with E-state index in [1.54, 1.807) is 36.2 Å². The van der Waals surface area contributed by atoms with Crippen molar-refractivity contribution < 1.29 is 19.4 Å². The molecule has 1 aromatic rings. The topological polar surface area (TPSA) is 66.8 Å². The van der Waals surface area contributed by atoms with Crippen LogP contribution in [0.15, 0.2) is 24.3 Å². The molecular weight excluding hydrogens is 306 g/mol. The molecule has 5 nitrogen and oxygen atoms in total. The monoisotopic (exact) mass is 325 g/mol. The molecule has 2 rings (SSSR count). The van der Waals surface area contributed by atoms with Crippen molar-refractivity contribution in [2.24, 2.45) is 11.8 Å². The first-order chi connectivity index (χ1) is 10.5. The second kappa shape index (κ2) is 7.49. The zero-order valence-corrected chi connectivity index (χ0v) is 13.3. The molecule has 6 heteroatoms. The lowest BCUT2D eigenvalue weighted by Gasteiger charge is -2.29. The molecule has 0 radical (unpaired) electrons. The quantitative estimate of drug-likeness (QED) is 0.917. The van der Waals surface area contributed by atoms with Crippen molar-refractivity contribution in [3.63, 3.8) is 0 Å². The Bertz CT molecular complexity index is 523. The molecule has 0 aromatic heterocycles. The van der Waals surface area contributed by atoms with Crippen molar-refractivity contribution in [2.45, 2.75) is 25.7 Å². The van der Waals surface area contributed by atoms with Gasteiger partial charge in [0.05, 0.1) is 5.92 Å². The molecule has 0 spiro atoms. The summed E-state index contributed by atoms with van der Waals surface area (Å²) in [6.45, 7) is 0.582. The molecule has 0 atom stereocenters. The van der Waals surface area contributed by atoms with Crippen molar-refractivity contribution in [2.75, 3.05) is 13.6 Å². The summed E-state index contributed by atoms with van der Waals surface area (Å²) in [6.07, 6.45) is 2.60. The van der Waals surface area contributed by atoms with Gasteiger partial charge in [-0.05, 0) is 55.9 Å². The van der Waals surface area contributed by atoms with E-state index in [1.807, 2.05) is 0 Å². The van der Waals surface area contributed by atoms with E-state index in [1.165, 1.54) is 0 Å². The molecule has 120 valence electrons. The van der Waals surface area contributed by atoms with Crippen LogP contribution >= 0.6 is 11.6 Å². The normalized spacial score (nSPS) is 21.2. The highest BCUT2D eigenvalue weighted by Gasteiger charge is 2.27. The third-order valence-electron chi connectivity index (χ3n) is 4.06. The number of aliphatic carboxylic acids is 1. The minimum Gasteiger partial charge on any atom is -0.481 e. The van der Waals surface area contributed by atoms with Gasteiger partial charge in [-0.2, -0.15) is 0 Å². The number of benzene rings is 1. The van der Waals surface area contributed by atoms with Crippen LogP contribution in [0.3, 0.4) is 0 Å². The molecule has 1 amide bonds. The van der Waals surface area contributed by atoms with Crippen molar-refractivity contribution in [1.82, 2.24) is 4.90 Å². The summed E-state index contributed by atoms with van der Waals surface area (Å²) in [5.74, 6) is -0.161. The minimum absolute atomic E-state index is 0.234. The smallest absolute Gasteiger partial charge is 0.414 e. The Morgan fingerprint density at radius 1 is 1.23 bits per heavy atom. The molecule has 1 fully saturated rings. The first-order valence-electron chi connectivity index (χ1n) is 7.37. The average Bonchev–Trinajstić information content (AvgIpc) is 2.50. The van der Waals surface area contributed by atoms with Gasteiger partial charge in [0.15, 0.2) is 0 Å². The summed E-state index contributed by atoms with van der Waals surface area (Å²) >= 11 is 5.78. The van der Waals surface area contributed by atoms with Gasteiger partial charge in [0.25, 0.3) is 0 Å². The molecule has 1 aliphatic carbocycles. The van der Waals surface area contributed by atoms with Crippen LogP contribution in [0.1, 0.15) is 25.7 Å². The Morgan fingerprint density at radius 3 is 2.36 bits per heavy atom. The predicted molar refractivity (Wildman–Crippen MR) is 83.2 cm³/mol. The van der Waals surface area contributed by atoms with Crippen LogP contribution < -0.4 is 4.74 Å². The van der Waals surface area contributed by atoms with Crippen LogP contribution in [-0.4, -0.2) is 35.7 Å². The zero-order valence-electron chi connectivity index (χ0n) is 12.5. The maximum atomic E-state index is 12.0. The maximum Gasteiger partial charge on any atom is 0.414 e. The molecule has 1 aromatic carbocycles. The molecule has 0 saturated heterocycles. The zero-order chi connectivity index (χ0) is 16.1. The van der Waals surface area contributed by atoms with Gasteiger partial charge < -0.3 is 14.7 Å². The molecular formula is C16H20ClNO4. The molecule has 0 bridgehead atoms. The minimum atomic E-state index is -0.714. The van der Waals surface area contributed by atoms with Crippen LogP contribution in [0.25, 0.3) is 0 Å². The number of carbonyl (C=O) groups excluding carboxylic acids is 1. The third kappa shape index (κ3) is 4.63. The molecule has 0 unspecified atom stereocenters. The van der Waals surface area contributed by atoms with Gasteiger partial charge in [0.1, 0.15) is 5.75 Å². The molecule has 1 aliphatic rings. The number of carbonyl (C=O) groups is 2. The van der Waals surface area contributed by atoms with E-state index >= 15 is 0 Å². The van der Waals surface area contributed by atoms with Gasteiger partial charge in [-0.25, -0.2) is 4.79 Å². The Labute approximate surface area is 134 Å². The van der Waals surface area contributed by atoms with Gasteiger partial charge in [0, 0.05) is 18.6 Å². The highest BCUT2D eigenvalue weighted by molar-refractivity contribution is 6.30. The van der Waals surface area contributed by atoms with E-state index in [0.29, 0.717) is 36.1 Å². The molecule has 1 saturated carbocycles. The van der Waals surface area contributed by atoms with Gasteiger partial charge in [-0.3, -0.25) is 4.79 Å². The summed E-state index contributed by atoms with van der Waals surface area (Å²) in [7, 11) is 1.70. The van der Waals surface area contributed by atoms with Gasteiger partial charge >= 0.3 is 12.1 Å². The number of carboxylic acids is 1. The summed E-state index contributed by atoms with van der Waals surface area (Å²) in [6, 6.07) is 6.62. The van der Waals surface area contributed by atoms with E-state index < -0.39 is 12.1 Å². The lowest BCUT2D eigenvalue weighted by molar-refractivity contribution is -0.143. The molecule has 0 heterocycles. The number of hydrogen-bond acceptors (Lipinski definition) is 3. The number of ether oxygens (including phenoxy) is 1. The van der Waals surface area contributed by atoms with E-state index in [0.717, 1.165) is 12.8 Å². The molecule has 22 heavy (non-hydrogen) atoms. The lowest BCUT2D eigenvalue weighted by atomic mass is 9.82. The largest absolute Gasteiger partial charge is 0.481 e. The Hall–Kier alpha value is -1.75. The van der Waals surface area contributed by atoms with E-state index in [9.17, 15) is 9.59 Å². The second-order valence-electron chi connectivity index (χ2n) is 5.76. The maximum absolute atomic E-state index is 12.0. The number of carboxylic acid groups (broad SMARTS) is 1. The lowest BCUT2D eigenvalue weighted by Crippen LogP contribution is -2.35. The fourth-order valence-corrected chi connectivity index (χ4v) is 2.86. The predicted octanol–water partition coefficient (Wildman–Crippen LogP) is 3.66. The number of rotatable bonds is 4. The second-order valence-corrected chi connectivity index (χ2v) is 6.19. The first kappa shape index (κ1) is 16.6. The van der Waals surface area contributed by atoms with Crippen LogP contribution in [0.5, 0.6) is 5.75 Å².